The molecule has 2 amide bonds. The van der Waals surface area contributed by atoms with Gasteiger partial charge in [0, 0.05) is 37.7 Å². The summed E-state index contributed by atoms with van der Waals surface area (Å²) in [6.07, 6.45) is 8.00. The highest BCUT2D eigenvalue weighted by atomic mass is 16.5. The van der Waals surface area contributed by atoms with Crippen molar-refractivity contribution in [2.24, 2.45) is 0 Å². The Morgan fingerprint density at radius 3 is 2.74 bits per heavy atom. The predicted molar refractivity (Wildman–Crippen MR) is 106 cm³/mol. The maximum atomic E-state index is 12.5. The summed E-state index contributed by atoms with van der Waals surface area (Å²) in [5.41, 5.74) is 2.59. The molecular formula is C21H30N4O2. The molecule has 1 aromatic carbocycles. The number of piperidine rings is 1. The number of fused-ring (bicyclic) bond motifs is 1. The van der Waals surface area contributed by atoms with Crippen molar-refractivity contribution in [2.45, 2.75) is 57.5 Å². The topological polar surface area (TPSA) is 59.4 Å². The van der Waals surface area contributed by atoms with Gasteiger partial charge in [0.05, 0.1) is 17.8 Å². The number of aryl methyl sites for hydroxylation is 1. The Labute approximate surface area is 160 Å². The van der Waals surface area contributed by atoms with E-state index in [-0.39, 0.29) is 12.1 Å². The van der Waals surface area contributed by atoms with Crippen molar-refractivity contribution >= 4 is 16.9 Å². The number of hydrogen-bond donors (Lipinski definition) is 1. The number of likely N-dealkylation sites (tertiary alicyclic amines) is 1. The summed E-state index contributed by atoms with van der Waals surface area (Å²) in [4.78, 5) is 14.5. The Morgan fingerprint density at radius 1 is 1.22 bits per heavy atom. The molecule has 0 unspecified atom stereocenters. The first-order valence-electron chi connectivity index (χ1n) is 10.3. The summed E-state index contributed by atoms with van der Waals surface area (Å²) >= 11 is 0. The highest BCUT2D eigenvalue weighted by Gasteiger charge is 2.26. The van der Waals surface area contributed by atoms with Crippen molar-refractivity contribution in [3.05, 3.63) is 30.0 Å². The smallest absolute Gasteiger partial charge is 0.317 e. The molecule has 0 saturated carbocycles. The Hall–Kier alpha value is -2.08. The zero-order valence-electron chi connectivity index (χ0n) is 16.2. The summed E-state index contributed by atoms with van der Waals surface area (Å²) in [7, 11) is 0. The molecule has 0 spiro atoms. The highest BCUT2D eigenvalue weighted by molar-refractivity contribution is 5.79. The molecule has 4 rings (SSSR count). The third kappa shape index (κ3) is 4.10. The summed E-state index contributed by atoms with van der Waals surface area (Å²) < 4.78 is 7.53. The average molecular weight is 370 g/mol. The van der Waals surface area contributed by atoms with Crippen LogP contribution in [0.2, 0.25) is 0 Å². The molecule has 146 valence electrons. The molecule has 0 bridgehead atoms. The summed E-state index contributed by atoms with van der Waals surface area (Å²) in [5, 5.41) is 9.06. The fourth-order valence-electron chi connectivity index (χ4n) is 4.26. The Bertz CT molecular complexity index is 774. The normalized spacial score (nSPS) is 19.5. The highest BCUT2D eigenvalue weighted by Crippen LogP contribution is 2.27. The lowest BCUT2D eigenvalue weighted by Crippen LogP contribution is -2.49. The molecular weight excluding hydrogens is 340 g/mol. The molecule has 6 nitrogen and oxygen atoms in total. The predicted octanol–water partition coefficient (Wildman–Crippen LogP) is 3.51. The maximum absolute atomic E-state index is 12.5. The molecule has 0 radical (unpaired) electrons. The van der Waals surface area contributed by atoms with Gasteiger partial charge in [-0.15, -0.1) is 0 Å². The number of aromatic nitrogens is 2. The van der Waals surface area contributed by atoms with Crippen molar-refractivity contribution in [1.82, 2.24) is 20.0 Å². The van der Waals surface area contributed by atoms with Crippen LogP contribution in [0.15, 0.2) is 24.4 Å². The molecule has 6 heteroatoms. The second-order valence-corrected chi connectivity index (χ2v) is 7.79. The minimum atomic E-state index is 0.0786. The summed E-state index contributed by atoms with van der Waals surface area (Å²) in [6, 6.07) is 7.40. The van der Waals surface area contributed by atoms with Gasteiger partial charge in [-0.1, -0.05) is 19.4 Å². The third-order valence-electron chi connectivity index (χ3n) is 5.85. The maximum Gasteiger partial charge on any atom is 0.317 e. The van der Waals surface area contributed by atoms with Crippen LogP contribution in [0.1, 0.15) is 50.6 Å². The van der Waals surface area contributed by atoms with Gasteiger partial charge < -0.3 is 15.0 Å². The molecule has 2 aliphatic rings. The van der Waals surface area contributed by atoms with Gasteiger partial charge in [-0.05, 0) is 49.8 Å². The van der Waals surface area contributed by atoms with Crippen LogP contribution in [0, 0.1) is 0 Å². The zero-order valence-corrected chi connectivity index (χ0v) is 16.2. The number of carbonyl (C=O) groups is 1. The van der Waals surface area contributed by atoms with E-state index in [9.17, 15) is 4.79 Å². The average Bonchev–Trinajstić information content (AvgIpc) is 3.12. The Morgan fingerprint density at radius 2 is 2.00 bits per heavy atom. The van der Waals surface area contributed by atoms with Crippen LogP contribution in [0.25, 0.3) is 10.9 Å². The van der Waals surface area contributed by atoms with E-state index < -0.39 is 0 Å². The van der Waals surface area contributed by atoms with Crippen LogP contribution in [0.3, 0.4) is 0 Å². The number of urea groups is 1. The lowest BCUT2D eigenvalue weighted by molar-refractivity contribution is 0.0771. The minimum absolute atomic E-state index is 0.0786. The van der Waals surface area contributed by atoms with E-state index in [1.807, 2.05) is 11.1 Å². The molecule has 0 aliphatic carbocycles. The van der Waals surface area contributed by atoms with Crippen molar-refractivity contribution in [3.8, 4) is 0 Å². The van der Waals surface area contributed by atoms with E-state index in [1.54, 1.807) is 0 Å². The Balaban J connectivity index is 1.36. The van der Waals surface area contributed by atoms with Gasteiger partial charge >= 0.3 is 6.03 Å². The van der Waals surface area contributed by atoms with E-state index >= 15 is 0 Å². The molecule has 2 fully saturated rings. The van der Waals surface area contributed by atoms with Gasteiger partial charge in [-0.2, -0.15) is 5.10 Å². The van der Waals surface area contributed by atoms with Crippen LogP contribution in [-0.4, -0.2) is 53.1 Å². The molecule has 0 atom stereocenters. The van der Waals surface area contributed by atoms with Gasteiger partial charge in [0.25, 0.3) is 0 Å². The second-order valence-electron chi connectivity index (χ2n) is 7.79. The SMILES string of the molecule is CCCc1ccc2c(cnn2C2CCN(C(=O)NC3CCOCC3)CC2)c1. The molecule has 1 N–H and O–H groups in total. The van der Waals surface area contributed by atoms with Crippen LogP contribution in [0.5, 0.6) is 0 Å². The van der Waals surface area contributed by atoms with Crippen molar-refractivity contribution in [1.29, 1.82) is 0 Å². The molecule has 1 aromatic heterocycles. The van der Waals surface area contributed by atoms with E-state index in [2.05, 4.69) is 40.2 Å². The number of nitrogens with one attached hydrogen (secondary N) is 1. The van der Waals surface area contributed by atoms with Gasteiger partial charge in [-0.25, -0.2) is 4.79 Å². The monoisotopic (exact) mass is 370 g/mol. The van der Waals surface area contributed by atoms with E-state index in [1.165, 1.54) is 16.5 Å². The standard InChI is InChI=1S/C21H30N4O2/c1-2-3-16-4-5-20-17(14-16)15-22-25(20)19-6-10-24(11-7-19)21(26)23-18-8-12-27-13-9-18/h4-5,14-15,18-19H,2-3,6-13H2,1H3,(H,23,26). The molecule has 3 heterocycles. The number of rotatable bonds is 4. The molecule has 2 aliphatic heterocycles. The van der Waals surface area contributed by atoms with Crippen molar-refractivity contribution in [2.75, 3.05) is 26.3 Å². The largest absolute Gasteiger partial charge is 0.381 e. The molecule has 27 heavy (non-hydrogen) atoms. The number of benzene rings is 1. The second kappa shape index (κ2) is 8.30. The van der Waals surface area contributed by atoms with E-state index in [0.29, 0.717) is 6.04 Å². The quantitative estimate of drug-likeness (QED) is 0.896. The van der Waals surface area contributed by atoms with Gasteiger partial charge in [0.15, 0.2) is 0 Å². The minimum Gasteiger partial charge on any atom is -0.381 e. The number of ether oxygens (including phenoxy) is 1. The van der Waals surface area contributed by atoms with E-state index in [0.717, 1.165) is 64.8 Å². The van der Waals surface area contributed by atoms with Gasteiger partial charge in [-0.3, -0.25) is 4.68 Å². The first kappa shape index (κ1) is 18.3. The molecule has 2 saturated heterocycles. The number of hydrogen-bond acceptors (Lipinski definition) is 3. The van der Waals surface area contributed by atoms with Crippen LogP contribution in [-0.2, 0) is 11.2 Å². The lowest BCUT2D eigenvalue weighted by atomic mass is 10.0. The van der Waals surface area contributed by atoms with Crippen molar-refractivity contribution < 1.29 is 9.53 Å². The van der Waals surface area contributed by atoms with Gasteiger partial charge in [0.2, 0.25) is 0 Å². The van der Waals surface area contributed by atoms with Crippen molar-refractivity contribution in [3.63, 3.8) is 0 Å². The summed E-state index contributed by atoms with van der Waals surface area (Å²) in [5.74, 6) is 0. The fraction of sp³-hybridized carbons (Fsp3) is 0.619. The summed E-state index contributed by atoms with van der Waals surface area (Å²) in [6.45, 7) is 5.28. The van der Waals surface area contributed by atoms with Gasteiger partial charge in [0.1, 0.15) is 0 Å². The van der Waals surface area contributed by atoms with E-state index in [4.69, 9.17) is 4.74 Å². The van der Waals surface area contributed by atoms with Crippen LogP contribution >= 0.6 is 0 Å². The third-order valence-corrected chi connectivity index (χ3v) is 5.85. The van der Waals surface area contributed by atoms with Crippen LogP contribution in [0.4, 0.5) is 4.79 Å². The lowest BCUT2D eigenvalue weighted by Gasteiger charge is -2.34. The first-order valence-corrected chi connectivity index (χ1v) is 10.3. The first-order chi connectivity index (χ1) is 13.2. The Kier molecular flexibility index (Phi) is 5.62. The fourth-order valence-corrected chi connectivity index (χ4v) is 4.26. The van der Waals surface area contributed by atoms with Crippen LogP contribution < -0.4 is 5.32 Å². The zero-order chi connectivity index (χ0) is 18.6. The number of amides is 2. The number of carbonyl (C=O) groups excluding carboxylic acids is 1. The molecule has 2 aromatic rings. The number of nitrogens with zero attached hydrogens (tertiary/aromatic N) is 3.